The number of ether oxygens (including phenoxy) is 1. The Morgan fingerprint density at radius 3 is 2.68 bits per heavy atom. The zero-order valence-corrected chi connectivity index (χ0v) is 20.9. The third kappa shape index (κ3) is 5.84. The molecule has 0 saturated carbocycles. The van der Waals surface area contributed by atoms with E-state index in [-0.39, 0.29) is 42.0 Å². The van der Waals surface area contributed by atoms with E-state index in [2.05, 4.69) is 4.98 Å². The number of fused-ring (bicyclic) bond motifs is 1. The maximum absolute atomic E-state index is 13.5. The number of pyridine rings is 1. The van der Waals surface area contributed by atoms with E-state index in [1.807, 2.05) is 26.0 Å². The Labute approximate surface area is 201 Å². The Morgan fingerprint density at radius 1 is 1.32 bits per heavy atom. The van der Waals surface area contributed by atoms with Crippen molar-refractivity contribution in [3.63, 3.8) is 0 Å². The number of aliphatic hydroxyl groups excluding tert-OH is 1. The molecule has 1 aliphatic heterocycles. The van der Waals surface area contributed by atoms with Gasteiger partial charge in [0.25, 0.3) is 0 Å². The average Bonchev–Trinajstić information content (AvgIpc) is 2.81. The van der Waals surface area contributed by atoms with E-state index in [0.29, 0.717) is 6.54 Å². The van der Waals surface area contributed by atoms with Crippen LogP contribution in [0.4, 0.5) is 0 Å². The monoisotopic (exact) mass is 487 g/mol. The highest BCUT2D eigenvalue weighted by Gasteiger charge is 2.38. The van der Waals surface area contributed by atoms with Gasteiger partial charge in [0.1, 0.15) is 16.7 Å². The Balaban J connectivity index is 1.94. The first kappa shape index (κ1) is 25.9. The molecular weight excluding hydrogens is 454 g/mol. The number of likely N-dealkylation sites (N-methyl/N-ethyl adjacent to an activating group) is 1. The van der Waals surface area contributed by atoms with Crippen molar-refractivity contribution in [2.24, 2.45) is 5.92 Å². The molecule has 184 valence electrons. The second kappa shape index (κ2) is 11.1. The molecule has 34 heavy (non-hydrogen) atoms. The first-order valence-corrected chi connectivity index (χ1v) is 12.8. The van der Waals surface area contributed by atoms with Crippen LogP contribution in [0.3, 0.4) is 0 Å². The van der Waals surface area contributed by atoms with Crippen molar-refractivity contribution in [2.75, 3.05) is 26.7 Å². The van der Waals surface area contributed by atoms with Crippen LogP contribution in [0.5, 0.6) is 5.75 Å². The van der Waals surface area contributed by atoms with Crippen LogP contribution < -0.4 is 4.74 Å². The van der Waals surface area contributed by atoms with E-state index in [0.717, 1.165) is 11.1 Å². The van der Waals surface area contributed by atoms with Crippen molar-refractivity contribution in [3.05, 3.63) is 59.9 Å². The molecule has 2 heterocycles. The number of sulfonamides is 1. The van der Waals surface area contributed by atoms with Crippen LogP contribution in [0.2, 0.25) is 0 Å². The molecule has 0 bridgehead atoms. The first-order chi connectivity index (χ1) is 16.2. The lowest BCUT2D eigenvalue weighted by molar-refractivity contribution is -0.130. The molecule has 0 aliphatic carbocycles. The Bertz CT molecular complexity index is 1120. The average molecular weight is 488 g/mol. The van der Waals surface area contributed by atoms with Crippen LogP contribution in [0, 0.1) is 5.92 Å². The lowest BCUT2D eigenvalue weighted by Gasteiger charge is -2.37. The van der Waals surface area contributed by atoms with Crippen molar-refractivity contribution in [2.45, 2.75) is 44.2 Å². The molecule has 0 spiro atoms. The van der Waals surface area contributed by atoms with Gasteiger partial charge in [-0.2, -0.15) is 4.31 Å². The minimum Gasteiger partial charge on any atom is -0.487 e. The Hall–Kier alpha value is -2.75. The van der Waals surface area contributed by atoms with Crippen LogP contribution >= 0.6 is 0 Å². The highest BCUT2D eigenvalue weighted by molar-refractivity contribution is 7.89. The van der Waals surface area contributed by atoms with Crippen molar-refractivity contribution in [1.82, 2.24) is 14.2 Å². The third-order valence-electron chi connectivity index (χ3n) is 6.03. The molecule has 3 rings (SSSR count). The van der Waals surface area contributed by atoms with Gasteiger partial charge in [0.2, 0.25) is 15.9 Å². The molecular formula is C25H33N3O5S. The molecule has 1 amide bonds. The van der Waals surface area contributed by atoms with Crippen molar-refractivity contribution in [1.29, 1.82) is 0 Å². The predicted octanol–water partition coefficient (Wildman–Crippen LogP) is 2.58. The molecule has 0 saturated heterocycles. The summed E-state index contributed by atoms with van der Waals surface area (Å²) in [5, 5.41) is 9.75. The smallest absolute Gasteiger partial charge is 0.247 e. The molecule has 1 N–H and O–H groups in total. The summed E-state index contributed by atoms with van der Waals surface area (Å²) in [6.45, 7) is 5.62. The summed E-state index contributed by atoms with van der Waals surface area (Å²) >= 11 is 0. The van der Waals surface area contributed by atoms with Gasteiger partial charge in [-0.25, -0.2) is 8.42 Å². The van der Waals surface area contributed by atoms with E-state index in [4.69, 9.17) is 4.74 Å². The fourth-order valence-corrected chi connectivity index (χ4v) is 5.76. The number of hydrogen-bond acceptors (Lipinski definition) is 6. The van der Waals surface area contributed by atoms with Crippen LogP contribution in [0.1, 0.15) is 31.9 Å². The number of aliphatic hydroxyl groups is 1. The molecule has 3 atom stereocenters. The summed E-state index contributed by atoms with van der Waals surface area (Å²) in [5.74, 6) is -0.0594. The quantitative estimate of drug-likeness (QED) is 0.644. The molecule has 0 fully saturated rings. The molecule has 2 aromatic rings. The normalized spacial score (nSPS) is 21.2. The number of nitrogens with zero attached hydrogens (tertiary/aromatic N) is 3. The molecule has 1 aromatic carbocycles. The number of benzene rings is 1. The van der Waals surface area contributed by atoms with Gasteiger partial charge < -0.3 is 14.7 Å². The lowest BCUT2D eigenvalue weighted by atomic mass is 10.0. The zero-order chi connectivity index (χ0) is 24.9. The minimum atomic E-state index is -3.89. The first-order valence-electron chi connectivity index (χ1n) is 11.4. The van der Waals surface area contributed by atoms with E-state index >= 15 is 0 Å². The summed E-state index contributed by atoms with van der Waals surface area (Å²) < 4.78 is 34.6. The maximum atomic E-state index is 13.5. The Kier molecular flexibility index (Phi) is 8.46. The molecule has 0 unspecified atom stereocenters. The second-order valence-electron chi connectivity index (χ2n) is 8.75. The fourth-order valence-electron chi connectivity index (χ4n) is 3.94. The number of hydrogen-bond donors (Lipinski definition) is 1. The van der Waals surface area contributed by atoms with Crippen LogP contribution in [-0.2, 0) is 21.2 Å². The standard InChI is InChI=1S/C25H33N3O5S/c1-5-6-20-7-8-24-22(13-20)33-23(18(2)15-28(19(3)17-29)34(24,31)32)16-27(4)25(30)14-21-9-11-26-12-10-21/h5-13,18-19,23,29H,14-17H2,1-4H3/b6-5+/t18-,19-,23+/m1/s1. The number of amides is 1. The summed E-state index contributed by atoms with van der Waals surface area (Å²) in [7, 11) is -2.17. The van der Waals surface area contributed by atoms with E-state index in [1.165, 1.54) is 4.31 Å². The topological polar surface area (TPSA) is 100 Å². The zero-order valence-electron chi connectivity index (χ0n) is 20.1. The van der Waals surface area contributed by atoms with Gasteiger partial charge >= 0.3 is 0 Å². The van der Waals surface area contributed by atoms with Crippen molar-refractivity contribution in [3.8, 4) is 5.75 Å². The maximum Gasteiger partial charge on any atom is 0.247 e. The van der Waals surface area contributed by atoms with Crippen molar-refractivity contribution < 1.29 is 23.1 Å². The molecule has 0 radical (unpaired) electrons. The molecule has 9 heteroatoms. The van der Waals surface area contributed by atoms with E-state index in [1.54, 1.807) is 61.6 Å². The number of aromatic nitrogens is 1. The summed E-state index contributed by atoms with van der Waals surface area (Å²) in [5.41, 5.74) is 1.68. The third-order valence-corrected chi connectivity index (χ3v) is 8.05. The van der Waals surface area contributed by atoms with Gasteiger partial charge in [-0.1, -0.05) is 25.1 Å². The highest BCUT2D eigenvalue weighted by atomic mass is 32.2. The minimum absolute atomic E-state index is 0.0590. The SMILES string of the molecule is C/C=C/c1ccc2c(c1)O[C@@H](CN(C)C(=O)Cc1ccncc1)[C@H](C)CN([C@H](C)CO)S2(=O)=O. The van der Waals surface area contributed by atoms with E-state index in [9.17, 15) is 18.3 Å². The van der Waals surface area contributed by atoms with Gasteiger partial charge in [0.15, 0.2) is 0 Å². The Morgan fingerprint density at radius 2 is 2.03 bits per heavy atom. The molecule has 1 aromatic heterocycles. The van der Waals surface area contributed by atoms with Gasteiger partial charge in [0, 0.05) is 37.9 Å². The van der Waals surface area contributed by atoms with Gasteiger partial charge in [-0.05, 0) is 49.2 Å². The molecule has 8 nitrogen and oxygen atoms in total. The van der Waals surface area contributed by atoms with E-state index < -0.39 is 22.2 Å². The number of carbonyl (C=O) groups excluding carboxylic acids is 1. The summed E-state index contributed by atoms with van der Waals surface area (Å²) in [4.78, 5) is 18.5. The lowest BCUT2D eigenvalue weighted by Crippen LogP contribution is -2.50. The largest absolute Gasteiger partial charge is 0.487 e. The summed E-state index contributed by atoms with van der Waals surface area (Å²) in [6.07, 6.45) is 6.83. The second-order valence-corrected chi connectivity index (χ2v) is 10.6. The molecule has 1 aliphatic rings. The predicted molar refractivity (Wildman–Crippen MR) is 131 cm³/mol. The van der Waals surface area contributed by atoms with Crippen LogP contribution in [0.15, 0.2) is 53.7 Å². The number of allylic oxidation sites excluding steroid dienone is 1. The van der Waals surface area contributed by atoms with Crippen molar-refractivity contribution >= 4 is 22.0 Å². The highest BCUT2D eigenvalue weighted by Crippen LogP contribution is 2.34. The summed E-state index contributed by atoms with van der Waals surface area (Å²) in [6, 6.07) is 7.99. The van der Waals surface area contributed by atoms with Crippen LogP contribution in [0.25, 0.3) is 6.08 Å². The van der Waals surface area contributed by atoms with Gasteiger partial charge in [-0.15, -0.1) is 0 Å². The number of rotatable bonds is 7. The van der Waals surface area contributed by atoms with Gasteiger partial charge in [-0.3, -0.25) is 9.78 Å². The van der Waals surface area contributed by atoms with Crippen LogP contribution in [-0.4, -0.2) is 72.5 Å². The fraction of sp³-hybridized carbons (Fsp3) is 0.440. The van der Waals surface area contributed by atoms with Gasteiger partial charge in [0.05, 0.1) is 19.6 Å². The number of carbonyl (C=O) groups is 1.